The minimum atomic E-state index is 0.372. The lowest BCUT2D eigenvalue weighted by molar-refractivity contribution is 0.387. The number of hydrogen-bond donors (Lipinski definition) is 1. The molecule has 0 bridgehead atoms. The van der Waals surface area contributed by atoms with Gasteiger partial charge in [0.15, 0.2) is 5.76 Å². The Labute approximate surface area is 96.4 Å². The van der Waals surface area contributed by atoms with Crippen molar-refractivity contribution in [3.05, 3.63) is 40.1 Å². The topological polar surface area (TPSA) is 52.0 Å². The van der Waals surface area contributed by atoms with Crippen molar-refractivity contribution < 1.29 is 4.52 Å². The quantitative estimate of drug-likeness (QED) is 0.910. The van der Waals surface area contributed by atoms with Crippen molar-refractivity contribution >= 4 is 15.9 Å². The Morgan fingerprint density at radius 2 is 2.20 bits per heavy atom. The summed E-state index contributed by atoms with van der Waals surface area (Å²) < 4.78 is 6.07. The molecule has 2 rings (SSSR count). The van der Waals surface area contributed by atoms with Crippen LogP contribution in [0.1, 0.15) is 11.3 Å². The van der Waals surface area contributed by atoms with E-state index in [9.17, 15) is 0 Å². The van der Waals surface area contributed by atoms with Crippen molar-refractivity contribution in [2.45, 2.75) is 13.5 Å². The van der Waals surface area contributed by atoms with Crippen molar-refractivity contribution in [2.24, 2.45) is 5.73 Å². The molecule has 0 saturated carbocycles. The van der Waals surface area contributed by atoms with Crippen LogP contribution in [0.15, 0.2) is 33.3 Å². The molecule has 0 aliphatic carbocycles. The van der Waals surface area contributed by atoms with E-state index in [4.69, 9.17) is 10.3 Å². The monoisotopic (exact) mass is 266 g/mol. The molecule has 0 unspecified atom stereocenters. The van der Waals surface area contributed by atoms with Gasteiger partial charge in [-0.1, -0.05) is 33.2 Å². The fourth-order valence-corrected chi connectivity index (χ4v) is 2.06. The van der Waals surface area contributed by atoms with Gasteiger partial charge in [0, 0.05) is 16.1 Å². The third-order valence-corrected chi connectivity index (χ3v) is 2.82. The van der Waals surface area contributed by atoms with Gasteiger partial charge in [-0.3, -0.25) is 0 Å². The second-order valence-corrected chi connectivity index (χ2v) is 4.22. The van der Waals surface area contributed by atoms with Crippen LogP contribution in [0.2, 0.25) is 0 Å². The molecule has 0 atom stereocenters. The molecule has 0 aliphatic rings. The zero-order chi connectivity index (χ0) is 10.8. The van der Waals surface area contributed by atoms with E-state index < -0.39 is 0 Å². The lowest BCUT2D eigenvalue weighted by Crippen LogP contribution is -1.92. The van der Waals surface area contributed by atoms with Crippen LogP contribution in [0.3, 0.4) is 0 Å². The molecule has 78 valence electrons. The van der Waals surface area contributed by atoms with Gasteiger partial charge in [-0.2, -0.15) is 0 Å². The van der Waals surface area contributed by atoms with Crippen LogP contribution in [0.4, 0.5) is 0 Å². The number of aromatic nitrogens is 1. The van der Waals surface area contributed by atoms with E-state index in [1.165, 1.54) is 5.56 Å². The standard InChI is InChI=1S/C11H11BrN2O/c1-7-2-3-9(10(12)4-7)11-5-8(6-13)15-14-11/h2-5H,6,13H2,1H3. The van der Waals surface area contributed by atoms with Crippen molar-refractivity contribution in [2.75, 3.05) is 0 Å². The van der Waals surface area contributed by atoms with Gasteiger partial charge < -0.3 is 10.3 Å². The molecule has 2 aromatic rings. The summed E-state index contributed by atoms with van der Waals surface area (Å²) in [5.41, 5.74) is 8.49. The Kier molecular flexibility index (Phi) is 2.88. The largest absolute Gasteiger partial charge is 0.359 e. The number of nitrogens with zero attached hydrogens (tertiary/aromatic N) is 1. The Morgan fingerprint density at radius 3 is 2.80 bits per heavy atom. The van der Waals surface area contributed by atoms with Gasteiger partial charge in [0.1, 0.15) is 5.69 Å². The van der Waals surface area contributed by atoms with Crippen molar-refractivity contribution in [3.63, 3.8) is 0 Å². The third kappa shape index (κ3) is 2.11. The van der Waals surface area contributed by atoms with Crippen LogP contribution < -0.4 is 5.73 Å². The molecule has 4 heteroatoms. The lowest BCUT2D eigenvalue weighted by atomic mass is 10.1. The molecule has 1 aromatic heterocycles. The van der Waals surface area contributed by atoms with Gasteiger partial charge in [-0.05, 0) is 18.6 Å². The fourth-order valence-electron chi connectivity index (χ4n) is 1.36. The summed E-state index contributed by atoms with van der Waals surface area (Å²) in [6.07, 6.45) is 0. The molecule has 0 spiro atoms. The molecule has 15 heavy (non-hydrogen) atoms. The summed E-state index contributed by atoms with van der Waals surface area (Å²) in [6, 6.07) is 7.95. The maximum Gasteiger partial charge on any atom is 0.150 e. The van der Waals surface area contributed by atoms with Crippen LogP contribution in [-0.2, 0) is 6.54 Å². The first-order valence-corrected chi connectivity index (χ1v) is 5.42. The van der Waals surface area contributed by atoms with Crippen LogP contribution in [-0.4, -0.2) is 5.16 Å². The summed E-state index contributed by atoms with van der Waals surface area (Å²) in [7, 11) is 0. The summed E-state index contributed by atoms with van der Waals surface area (Å²) in [5, 5.41) is 3.96. The highest BCUT2D eigenvalue weighted by Crippen LogP contribution is 2.28. The minimum absolute atomic E-state index is 0.372. The van der Waals surface area contributed by atoms with Crippen molar-refractivity contribution in [3.8, 4) is 11.3 Å². The molecule has 0 radical (unpaired) electrons. The van der Waals surface area contributed by atoms with Gasteiger partial charge in [0.25, 0.3) is 0 Å². The van der Waals surface area contributed by atoms with Gasteiger partial charge in [-0.15, -0.1) is 0 Å². The van der Waals surface area contributed by atoms with E-state index in [1.807, 2.05) is 31.2 Å². The summed E-state index contributed by atoms with van der Waals surface area (Å²) in [5.74, 6) is 0.692. The number of nitrogens with two attached hydrogens (primary N) is 1. The van der Waals surface area contributed by atoms with Gasteiger partial charge >= 0.3 is 0 Å². The van der Waals surface area contributed by atoms with E-state index in [2.05, 4.69) is 21.1 Å². The van der Waals surface area contributed by atoms with Crippen LogP contribution in [0, 0.1) is 6.92 Å². The number of halogens is 1. The van der Waals surface area contributed by atoms with E-state index >= 15 is 0 Å². The van der Waals surface area contributed by atoms with E-state index in [-0.39, 0.29) is 0 Å². The molecule has 0 saturated heterocycles. The summed E-state index contributed by atoms with van der Waals surface area (Å²) in [4.78, 5) is 0. The van der Waals surface area contributed by atoms with Crippen LogP contribution in [0.25, 0.3) is 11.3 Å². The molecular formula is C11H11BrN2O. The molecular weight excluding hydrogens is 256 g/mol. The van der Waals surface area contributed by atoms with Crippen molar-refractivity contribution in [1.82, 2.24) is 5.16 Å². The van der Waals surface area contributed by atoms with Crippen LogP contribution >= 0.6 is 15.9 Å². The number of rotatable bonds is 2. The van der Waals surface area contributed by atoms with Crippen molar-refractivity contribution in [1.29, 1.82) is 0 Å². The molecule has 2 N–H and O–H groups in total. The highest BCUT2D eigenvalue weighted by molar-refractivity contribution is 9.10. The molecule has 0 fully saturated rings. The second kappa shape index (κ2) is 4.16. The average molecular weight is 267 g/mol. The number of benzene rings is 1. The Hall–Kier alpha value is -1.13. The number of hydrogen-bond acceptors (Lipinski definition) is 3. The maximum atomic E-state index is 5.46. The molecule has 3 nitrogen and oxygen atoms in total. The van der Waals surface area contributed by atoms with E-state index in [0.29, 0.717) is 12.3 Å². The maximum absolute atomic E-state index is 5.46. The van der Waals surface area contributed by atoms with E-state index in [1.54, 1.807) is 0 Å². The highest BCUT2D eigenvalue weighted by atomic mass is 79.9. The second-order valence-electron chi connectivity index (χ2n) is 3.37. The van der Waals surface area contributed by atoms with Gasteiger partial charge in [0.05, 0.1) is 6.54 Å². The van der Waals surface area contributed by atoms with Gasteiger partial charge in [-0.25, -0.2) is 0 Å². The van der Waals surface area contributed by atoms with Crippen LogP contribution in [0.5, 0.6) is 0 Å². The normalized spacial score (nSPS) is 10.6. The predicted octanol–water partition coefficient (Wildman–Crippen LogP) is 2.87. The Bertz CT molecular complexity index is 479. The lowest BCUT2D eigenvalue weighted by Gasteiger charge is -2.00. The SMILES string of the molecule is Cc1ccc(-c2cc(CN)on2)c(Br)c1. The summed E-state index contributed by atoms with van der Waals surface area (Å²) >= 11 is 3.50. The first-order valence-electron chi connectivity index (χ1n) is 4.63. The minimum Gasteiger partial charge on any atom is -0.359 e. The predicted molar refractivity (Wildman–Crippen MR) is 62.3 cm³/mol. The first-order chi connectivity index (χ1) is 7.20. The first kappa shape index (κ1) is 10.4. The molecule has 1 aromatic carbocycles. The highest BCUT2D eigenvalue weighted by Gasteiger charge is 2.08. The smallest absolute Gasteiger partial charge is 0.150 e. The summed E-state index contributed by atoms with van der Waals surface area (Å²) in [6.45, 7) is 2.42. The Morgan fingerprint density at radius 1 is 1.40 bits per heavy atom. The zero-order valence-electron chi connectivity index (χ0n) is 8.33. The van der Waals surface area contributed by atoms with Gasteiger partial charge in [0.2, 0.25) is 0 Å². The average Bonchev–Trinajstić information content (AvgIpc) is 2.66. The number of aryl methyl sites for hydroxylation is 1. The Balaban J connectivity index is 2.44. The molecule has 0 aliphatic heterocycles. The third-order valence-electron chi connectivity index (χ3n) is 2.16. The zero-order valence-corrected chi connectivity index (χ0v) is 9.91. The molecule has 0 amide bonds. The fraction of sp³-hybridized carbons (Fsp3) is 0.182. The molecule has 1 heterocycles. The van der Waals surface area contributed by atoms with E-state index in [0.717, 1.165) is 15.7 Å².